The van der Waals surface area contributed by atoms with Gasteiger partial charge in [-0.3, -0.25) is 4.79 Å². The van der Waals surface area contributed by atoms with Crippen LogP contribution in [0.5, 0.6) is 5.75 Å². The van der Waals surface area contributed by atoms with E-state index in [0.29, 0.717) is 12.6 Å². The van der Waals surface area contributed by atoms with Crippen molar-refractivity contribution in [2.24, 2.45) is 5.92 Å². The van der Waals surface area contributed by atoms with E-state index in [0.717, 1.165) is 49.5 Å². The summed E-state index contributed by atoms with van der Waals surface area (Å²) in [4.78, 5) is 16.9. The number of carbonyl (C=O) groups is 1. The molecule has 1 aromatic carbocycles. The molecule has 0 aromatic heterocycles. The average molecular weight is 413 g/mol. The van der Waals surface area contributed by atoms with Gasteiger partial charge in [0, 0.05) is 31.6 Å². The summed E-state index contributed by atoms with van der Waals surface area (Å²) in [6.07, 6.45) is 14.3. The van der Waals surface area contributed by atoms with Gasteiger partial charge >= 0.3 is 0 Å². The second-order valence-electron chi connectivity index (χ2n) is 10.1. The molecule has 1 aliphatic heterocycles. The molecule has 1 heterocycles. The van der Waals surface area contributed by atoms with Crippen molar-refractivity contribution in [2.45, 2.75) is 95.7 Å². The monoisotopic (exact) mass is 412 g/mol. The van der Waals surface area contributed by atoms with Gasteiger partial charge in [-0.25, -0.2) is 0 Å². The van der Waals surface area contributed by atoms with E-state index >= 15 is 0 Å². The molecule has 1 spiro atoms. The number of amides is 1. The lowest BCUT2D eigenvalue weighted by molar-refractivity contribution is -0.132. The van der Waals surface area contributed by atoms with E-state index in [1.807, 2.05) is 17.0 Å². The standard InChI is InChI=1S/C26H40N2O2/c1-21(29)28-19-23-12-8-9-13-25(23)30-26(20-28)16-14-24(15-17-26)27(2)18-22-10-6-4-3-5-7-11-22/h8-9,12-13,22,24H,3-7,10-11,14-20H2,1-2H3. The highest BCUT2D eigenvalue weighted by molar-refractivity contribution is 5.73. The van der Waals surface area contributed by atoms with Gasteiger partial charge in [0.05, 0.1) is 6.54 Å². The lowest BCUT2D eigenvalue weighted by Crippen LogP contribution is -2.52. The van der Waals surface area contributed by atoms with Crippen molar-refractivity contribution in [1.82, 2.24) is 9.80 Å². The Hall–Kier alpha value is -1.55. The molecular weight excluding hydrogens is 372 g/mol. The molecule has 2 fully saturated rings. The summed E-state index contributed by atoms with van der Waals surface area (Å²) in [5.41, 5.74) is 0.906. The van der Waals surface area contributed by atoms with Crippen molar-refractivity contribution < 1.29 is 9.53 Å². The van der Waals surface area contributed by atoms with Crippen molar-refractivity contribution >= 4 is 5.91 Å². The van der Waals surface area contributed by atoms with Crippen LogP contribution < -0.4 is 4.74 Å². The fraction of sp³-hybridized carbons (Fsp3) is 0.731. The highest BCUT2D eigenvalue weighted by Gasteiger charge is 2.42. The predicted octanol–water partition coefficient (Wildman–Crippen LogP) is 5.40. The Kier molecular flexibility index (Phi) is 7.02. The molecule has 1 amide bonds. The first-order valence-corrected chi connectivity index (χ1v) is 12.3. The molecule has 0 atom stereocenters. The van der Waals surface area contributed by atoms with E-state index in [9.17, 15) is 4.79 Å². The lowest BCUT2D eigenvalue weighted by Gasteiger charge is -2.44. The minimum Gasteiger partial charge on any atom is -0.485 e. The Balaban J connectivity index is 1.39. The first-order valence-electron chi connectivity index (χ1n) is 12.3. The van der Waals surface area contributed by atoms with Crippen LogP contribution >= 0.6 is 0 Å². The number of para-hydroxylation sites is 1. The zero-order valence-corrected chi connectivity index (χ0v) is 19.1. The summed E-state index contributed by atoms with van der Waals surface area (Å²) >= 11 is 0. The molecule has 166 valence electrons. The third-order valence-corrected chi connectivity index (χ3v) is 7.85. The number of ether oxygens (including phenoxy) is 1. The van der Waals surface area contributed by atoms with Gasteiger partial charge in [-0.05, 0) is 57.6 Å². The second kappa shape index (κ2) is 9.72. The van der Waals surface area contributed by atoms with Crippen molar-refractivity contribution in [1.29, 1.82) is 0 Å². The first kappa shape index (κ1) is 21.7. The topological polar surface area (TPSA) is 32.8 Å². The van der Waals surface area contributed by atoms with Crippen LogP contribution in [-0.2, 0) is 11.3 Å². The summed E-state index contributed by atoms with van der Waals surface area (Å²) in [5, 5.41) is 0. The number of carbonyl (C=O) groups excluding carboxylic acids is 1. The molecule has 0 unspecified atom stereocenters. The molecule has 0 N–H and O–H groups in total. The predicted molar refractivity (Wildman–Crippen MR) is 122 cm³/mol. The number of benzene rings is 1. The van der Waals surface area contributed by atoms with Gasteiger partial charge in [0.1, 0.15) is 11.4 Å². The Bertz CT molecular complexity index is 703. The maximum Gasteiger partial charge on any atom is 0.219 e. The largest absolute Gasteiger partial charge is 0.485 e. The number of fused-ring (bicyclic) bond motifs is 1. The van der Waals surface area contributed by atoms with E-state index in [2.05, 4.69) is 24.1 Å². The Morgan fingerprint density at radius 3 is 2.43 bits per heavy atom. The summed E-state index contributed by atoms with van der Waals surface area (Å²) in [7, 11) is 2.34. The molecule has 0 saturated heterocycles. The van der Waals surface area contributed by atoms with Crippen molar-refractivity contribution in [2.75, 3.05) is 20.1 Å². The summed E-state index contributed by atoms with van der Waals surface area (Å²) in [6, 6.07) is 8.91. The van der Waals surface area contributed by atoms with Crippen LogP contribution in [-0.4, -0.2) is 47.5 Å². The number of hydrogen-bond donors (Lipinski definition) is 0. The average Bonchev–Trinajstić information content (AvgIpc) is 2.87. The van der Waals surface area contributed by atoms with Crippen LogP contribution in [0.1, 0.15) is 83.1 Å². The number of nitrogens with zero attached hydrogens (tertiary/aromatic N) is 2. The summed E-state index contributed by atoms with van der Waals surface area (Å²) in [5.74, 6) is 2.00. The minimum absolute atomic E-state index is 0.151. The van der Waals surface area contributed by atoms with Gasteiger partial charge in [0.25, 0.3) is 0 Å². The van der Waals surface area contributed by atoms with E-state index in [1.54, 1.807) is 6.92 Å². The van der Waals surface area contributed by atoms with Crippen molar-refractivity contribution in [3.8, 4) is 5.75 Å². The van der Waals surface area contributed by atoms with Crippen LogP contribution in [0.4, 0.5) is 0 Å². The van der Waals surface area contributed by atoms with Crippen LogP contribution in [0, 0.1) is 5.92 Å². The van der Waals surface area contributed by atoms with E-state index in [4.69, 9.17) is 4.74 Å². The highest BCUT2D eigenvalue weighted by Crippen LogP contribution is 2.39. The number of rotatable bonds is 3. The lowest BCUT2D eigenvalue weighted by atomic mass is 9.80. The third kappa shape index (κ3) is 5.19. The van der Waals surface area contributed by atoms with E-state index in [-0.39, 0.29) is 11.5 Å². The zero-order chi connectivity index (χ0) is 21.0. The van der Waals surface area contributed by atoms with Gasteiger partial charge in [-0.15, -0.1) is 0 Å². The van der Waals surface area contributed by atoms with Crippen LogP contribution in [0.2, 0.25) is 0 Å². The molecule has 4 heteroatoms. The van der Waals surface area contributed by atoms with Crippen LogP contribution in [0.3, 0.4) is 0 Å². The van der Waals surface area contributed by atoms with Crippen LogP contribution in [0.15, 0.2) is 24.3 Å². The molecule has 4 nitrogen and oxygen atoms in total. The normalized spacial score (nSPS) is 28.4. The quantitative estimate of drug-likeness (QED) is 0.666. The molecular formula is C26H40N2O2. The minimum atomic E-state index is -0.226. The Morgan fingerprint density at radius 2 is 1.73 bits per heavy atom. The molecule has 1 aromatic rings. The maximum absolute atomic E-state index is 12.3. The molecule has 2 saturated carbocycles. The van der Waals surface area contributed by atoms with Gasteiger partial charge in [0.15, 0.2) is 0 Å². The fourth-order valence-electron chi connectivity index (χ4n) is 5.94. The molecule has 4 rings (SSSR count). The van der Waals surface area contributed by atoms with Crippen molar-refractivity contribution in [3.63, 3.8) is 0 Å². The maximum atomic E-state index is 12.3. The smallest absolute Gasteiger partial charge is 0.219 e. The van der Waals surface area contributed by atoms with E-state index in [1.165, 1.54) is 51.5 Å². The fourth-order valence-corrected chi connectivity index (χ4v) is 5.94. The second-order valence-corrected chi connectivity index (χ2v) is 10.1. The van der Waals surface area contributed by atoms with Crippen molar-refractivity contribution in [3.05, 3.63) is 29.8 Å². The van der Waals surface area contributed by atoms with Gasteiger partial charge in [0.2, 0.25) is 5.91 Å². The first-order chi connectivity index (χ1) is 14.5. The zero-order valence-electron chi connectivity index (χ0n) is 19.1. The number of hydrogen-bond acceptors (Lipinski definition) is 3. The highest BCUT2D eigenvalue weighted by atomic mass is 16.5. The Morgan fingerprint density at radius 1 is 1.07 bits per heavy atom. The van der Waals surface area contributed by atoms with E-state index < -0.39 is 0 Å². The Labute approximate surface area is 183 Å². The molecule has 0 bridgehead atoms. The SMILES string of the molecule is CC(=O)N1Cc2ccccc2OC2(CCC(N(C)CC3CCCCCCC3)CC2)C1. The summed E-state index contributed by atoms with van der Waals surface area (Å²) in [6.45, 7) is 4.32. The molecule has 0 radical (unpaired) electrons. The molecule has 3 aliphatic rings. The summed E-state index contributed by atoms with van der Waals surface area (Å²) < 4.78 is 6.66. The van der Waals surface area contributed by atoms with Gasteiger partial charge in [-0.1, -0.05) is 50.3 Å². The van der Waals surface area contributed by atoms with Gasteiger partial charge < -0.3 is 14.5 Å². The van der Waals surface area contributed by atoms with Gasteiger partial charge in [-0.2, -0.15) is 0 Å². The molecule has 2 aliphatic carbocycles. The molecule has 30 heavy (non-hydrogen) atoms. The van der Waals surface area contributed by atoms with Crippen LogP contribution in [0.25, 0.3) is 0 Å². The third-order valence-electron chi connectivity index (χ3n) is 7.85.